The number of nitrogens with one attached hydrogen (secondary N) is 1. The summed E-state index contributed by atoms with van der Waals surface area (Å²) >= 11 is 0. The molecule has 2 aliphatic heterocycles. The molecule has 1 aromatic carbocycles. The van der Waals surface area contributed by atoms with E-state index in [1.165, 1.54) is 0 Å². The quantitative estimate of drug-likeness (QED) is 0.768. The Balaban J connectivity index is 1.81. The van der Waals surface area contributed by atoms with Gasteiger partial charge in [-0.15, -0.1) is 0 Å². The molecule has 0 aliphatic carbocycles. The van der Waals surface area contributed by atoms with E-state index in [0.717, 1.165) is 23.4 Å². The Bertz CT molecular complexity index is 542. The van der Waals surface area contributed by atoms with Crippen LogP contribution in [-0.2, 0) is 17.9 Å². The molecule has 5 heteroatoms. The molecule has 1 unspecified atom stereocenters. The van der Waals surface area contributed by atoms with Gasteiger partial charge in [0.05, 0.1) is 13.2 Å². The average Bonchev–Trinajstić information content (AvgIpc) is 2.92. The van der Waals surface area contributed by atoms with Gasteiger partial charge in [-0.25, -0.2) is 0 Å². The molecule has 2 heterocycles. The van der Waals surface area contributed by atoms with E-state index in [1.54, 1.807) is 4.90 Å². The fourth-order valence-corrected chi connectivity index (χ4v) is 2.57. The summed E-state index contributed by atoms with van der Waals surface area (Å²) in [6, 6.07) is 5.39. The molecule has 2 aliphatic rings. The first kappa shape index (κ1) is 13.1. The fraction of sp³-hybridized carbons (Fsp3) is 0.400. The Labute approximate surface area is 117 Å². The standard InChI is InChI=1S/C15H18N2O3/c18-10-11-3-4-14-12(8-11)9-17(6-7-20-14)15(19)13-2-1-5-16-13/h1-4,8,13,16,18H,5-7,9-10H2. The maximum absolute atomic E-state index is 12.4. The van der Waals surface area contributed by atoms with Gasteiger partial charge in [0.25, 0.3) is 0 Å². The van der Waals surface area contributed by atoms with Crippen molar-refractivity contribution in [2.45, 2.75) is 19.2 Å². The van der Waals surface area contributed by atoms with Crippen LogP contribution in [0.2, 0.25) is 0 Å². The smallest absolute Gasteiger partial charge is 0.244 e. The summed E-state index contributed by atoms with van der Waals surface area (Å²) in [5.74, 6) is 0.872. The van der Waals surface area contributed by atoms with E-state index in [4.69, 9.17) is 4.74 Å². The lowest BCUT2D eigenvalue weighted by Crippen LogP contribution is -2.44. The minimum absolute atomic E-state index is 0.00581. The average molecular weight is 274 g/mol. The third-order valence-corrected chi connectivity index (χ3v) is 3.65. The number of carbonyl (C=O) groups is 1. The van der Waals surface area contributed by atoms with Gasteiger partial charge in [0.2, 0.25) is 5.91 Å². The van der Waals surface area contributed by atoms with Crippen LogP contribution in [0.15, 0.2) is 30.4 Å². The van der Waals surface area contributed by atoms with Gasteiger partial charge in [-0.3, -0.25) is 10.1 Å². The second-order valence-corrected chi connectivity index (χ2v) is 5.02. The highest BCUT2D eigenvalue weighted by Gasteiger charge is 2.26. The number of hydrogen-bond donors (Lipinski definition) is 2. The van der Waals surface area contributed by atoms with Crippen molar-refractivity contribution in [3.8, 4) is 5.75 Å². The summed E-state index contributed by atoms with van der Waals surface area (Å²) in [6.07, 6.45) is 3.87. The fourth-order valence-electron chi connectivity index (χ4n) is 2.57. The molecule has 20 heavy (non-hydrogen) atoms. The second-order valence-electron chi connectivity index (χ2n) is 5.02. The van der Waals surface area contributed by atoms with Crippen molar-refractivity contribution in [2.24, 2.45) is 0 Å². The molecular formula is C15H18N2O3. The van der Waals surface area contributed by atoms with E-state index in [2.05, 4.69) is 5.32 Å². The number of amides is 1. The van der Waals surface area contributed by atoms with Gasteiger partial charge in [0.1, 0.15) is 18.4 Å². The van der Waals surface area contributed by atoms with Gasteiger partial charge in [0.15, 0.2) is 0 Å². The van der Waals surface area contributed by atoms with E-state index >= 15 is 0 Å². The van der Waals surface area contributed by atoms with Crippen LogP contribution in [0.4, 0.5) is 0 Å². The number of rotatable bonds is 2. The van der Waals surface area contributed by atoms with Crippen LogP contribution in [0, 0.1) is 0 Å². The molecule has 0 spiro atoms. The van der Waals surface area contributed by atoms with E-state index in [-0.39, 0.29) is 18.6 Å². The van der Waals surface area contributed by atoms with E-state index in [0.29, 0.717) is 19.7 Å². The van der Waals surface area contributed by atoms with Crippen molar-refractivity contribution in [2.75, 3.05) is 19.7 Å². The molecule has 0 radical (unpaired) electrons. The lowest BCUT2D eigenvalue weighted by Gasteiger charge is -2.23. The highest BCUT2D eigenvalue weighted by molar-refractivity contribution is 5.84. The molecule has 0 aromatic heterocycles. The molecule has 1 aromatic rings. The summed E-state index contributed by atoms with van der Waals surface area (Å²) in [5.41, 5.74) is 1.78. The predicted octanol–water partition coefficient (Wildman–Crippen LogP) is 0.428. The summed E-state index contributed by atoms with van der Waals surface area (Å²) in [6.45, 7) is 2.33. The topological polar surface area (TPSA) is 61.8 Å². The molecule has 1 atom stereocenters. The third kappa shape index (κ3) is 2.55. The van der Waals surface area contributed by atoms with Crippen LogP contribution in [0.3, 0.4) is 0 Å². The van der Waals surface area contributed by atoms with Crippen LogP contribution in [0.5, 0.6) is 5.75 Å². The lowest BCUT2D eigenvalue weighted by molar-refractivity contribution is -0.132. The number of hydrogen-bond acceptors (Lipinski definition) is 4. The molecule has 3 rings (SSSR count). The molecule has 5 nitrogen and oxygen atoms in total. The normalized spacial score (nSPS) is 21.2. The van der Waals surface area contributed by atoms with E-state index < -0.39 is 0 Å². The zero-order valence-corrected chi connectivity index (χ0v) is 11.2. The SMILES string of the molecule is O=C(C1C=CCN1)N1CCOc2ccc(CO)cc2C1. The molecule has 0 saturated carbocycles. The van der Waals surface area contributed by atoms with Gasteiger partial charge in [-0.2, -0.15) is 0 Å². The number of benzene rings is 1. The minimum atomic E-state index is -0.224. The molecule has 2 N–H and O–H groups in total. The van der Waals surface area contributed by atoms with Gasteiger partial charge in [-0.05, 0) is 17.7 Å². The van der Waals surface area contributed by atoms with Crippen molar-refractivity contribution >= 4 is 5.91 Å². The number of aliphatic hydroxyl groups is 1. The number of ether oxygens (including phenoxy) is 1. The van der Waals surface area contributed by atoms with Crippen molar-refractivity contribution in [3.05, 3.63) is 41.5 Å². The Kier molecular flexibility index (Phi) is 3.71. The Morgan fingerprint density at radius 1 is 1.50 bits per heavy atom. The Hall–Kier alpha value is -1.85. The van der Waals surface area contributed by atoms with Crippen LogP contribution in [0.1, 0.15) is 11.1 Å². The lowest BCUT2D eigenvalue weighted by atomic mass is 10.1. The van der Waals surface area contributed by atoms with Gasteiger partial charge in [0, 0.05) is 18.7 Å². The largest absolute Gasteiger partial charge is 0.491 e. The molecule has 106 valence electrons. The molecular weight excluding hydrogens is 256 g/mol. The highest BCUT2D eigenvalue weighted by Crippen LogP contribution is 2.25. The van der Waals surface area contributed by atoms with Crippen molar-refractivity contribution < 1.29 is 14.6 Å². The number of carbonyl (C=O) groups excluding carboxylic acids is 1. The maximum Gasteiger partial charge on any atom is 0.244 e. The highest BCUT2D eigenvalue weighted by atomic mass is 16.5. The van der Waals surface area contributed by atoms with Crippen molar-refractivity contribution in [1.82, 2.24) is 10.2 Å². The molecule has 0 bridgehead atoms. The van der Waals surface area contributed by atoms with Gasteiger partial charge >= 0.3 is 0 Å². The summed E-state index contributed by atoms with van der Waals surface area (Å²) in [5, 5.41) is 12.4. The van der Waals surface area contributed by atoms with Crippen LogP contribution in [0.25, 0.3) is 0 Å². The number of nitrogens with zero attached hydrogens (tertiary/aromatic N) is 1. The zero-order chi connectivity index (χ0) is 13.9. The first-order valence-electron chi connectivity index (χ1n) is 6.82. The van der Waals surface area contributed by atoms with E-state index in [9.17, 15) is 9.90 Å². The zero-order valence-electron chi connectivity index (χ0n) is 11.2. The van der Waals surface area contributed by atoms with Crippen molar-refractivity contribution in [1.29, 1.82) is 0 Å². The first-order valence-corrected chi connectivity index (χ1v) is 6.82. The van der Waals surface area contributed by atoms with Crippen LogP contribution in [-0.4, -0.2) is 41.7 Å². The van der Waals surface area contributed by atoms with E-state index in [1.807, 2.05) is 30.4 Å². The molecule has 0 fully saturated rings. The Morgan fingerprint density at radius 3 is 3.15 bits per heavy atom. The van der Waals surface area contributed by atoms with Crippen LogP contribution < -0.4 is 10.1 Å². The second kappa shape index (κ2) is 5.64. The third-order valence-electron chi connectivity index (χ3n) is 3.65. The summed E-state index contributed by atoms with van der Waals surface area (Å²) < 4.78 is 5.68. The Morgan fingerprint density at radius 2 is 2.40 bits per heavy atom. The van der Waals surface area contributed by atoms with Crippen molar-refractivity contribution in [3.63, 3.8) is 0 Å². The molecule has 0 saturated heterocycles. The number of aliphatic hydroxyl groups excluding tert-OH is 1. The summed E-state index contributed by atoms with van der Waals surface area (Å²) in [7, 11) is 0. The predicted molar refractivity (Wildman–Crippen MR) is 74.2 cm³/mol. The monoisotopic (exact) mass is 274 g/mol. The summed E-state index contributed by atoms with van der Waals surface area (Å²) in [4.78, 5) is 14.2. The molecule has 1 amide bonds. The minimum Gasteiger partial charge on any atom is -0.491 e. The van der Waals surface area contributed by atoms with Crippen LogP contribution >= 0.6 is 0 Å². The first-order chi connectivity index (χ1) is 9.78. The number of fused-ring (bicyclic) bond motifs is 1. The van der Waals surface area contributed by atoms with Gasteiger partial charge in [-0.1, -0.05) is 18.2 Å². The maximum atomic E-state index is 12.4. The van der Waals surface area contributed by atoms with Gasteiger partial charge < -0.3 is 14.7 Å².